The number of benzene rings is 1. The maximum absolute atomic E-state index is 12.1. The molecule has 7 nitrogen and oxygen atoms in total. The van der Waals surface area contributed by atoms with Crippen LogP contribution in [0.1, 0.15) is 38.3 Å². The summed E-state index contributed by atoms with van der Waals surface area (Å²) in [7, 11) is 0. The summed E-state index contributed by atoms with van der Waals surface area (Å²) in [5.41, 5.74) is 1.66. The molecule has 140 valence electrons. The van der Waals surface area contributed by atoms with E-state index in [2.05, 4.69) is 11.0 Å². The summed E-state index contributed by atoms with van der Waals surface area (Å²) in [6, 6.07) is 7.59. The molecule has 26 heavy (non-hydrogen) atoms. The number of aliphatic carboxylic acids is 1. The van der Waals surface area contributed by atoms with E-state index < -0.39 is 11.6 Å². The van der Waals surface area contributed by atoms with Gasteiger partial charge in [0.05, 0.1) is 11.6 Å². The van der Waals surface area contributed by atoms with Crippen LogP contribution in [0.5, 0.6) is 0 Å². The Hall–Kier alpha value is -2.75. The van der Waals surface area contributed by atoms with Gasteiger partial charge in [-0.3, -0.25) is 4.79 Å². The standard InChI is InChI=1S/C19H25N3O4/c1-19(2,3)26-18(25)22-10-8-21(9-11-22)16-6-4-15(13-20)14(12-16)5-7-17(23)24/h4,6,12H,5,7-11H2,1-3H3,(H,23,24). The first-order chi connectivity index (χ1) is 12.2. The number of ether oxygens (including phenoxy) is 1. The van der Waals surface area contributed by atoms with Gasteiger partial charge in [0, 0.05) is 38.3 Å². The Kier molecular flexibility index (Phi) is 6.09. The van der Waals surface area contributed by atoms with Crippen LogP contribution in [-0.4, -0.2) is 53.8 Å². The van der Waals surface area contributed by atoms with E-state index in [-0.39, 0.29) is 12.5 Å². The van der Waals surface area contributed by atoms with Gasteiger partial charge in [0.1, 0.15) is 5.60 Å². The minimum atomic E-state index is -0.884. The van der Waals surface area contributed by atoms with Crippen molar-refractivity contribution in [3.63, 3.8) is 0 Å². The number of carboxylic acid groups (broad SMARTS) is 1. The number of amides is 1. The summed E-state index contributed by atoms with van der Waals surface area (Å²) in [4.78, 5) is 26.8. The topological polar surface area (TPSA) is 93.9 Å². The monoisotopic (exact) mass is 359 g/mol. The van der Waals surface area contributed by atoms with Crippen LogP contribution < -0.4 is 4.90 Å². The Bertz CT molecular complexity index is 710. The predicted molar refractivity (Wildman–Crippen MR) is 97.1 cm³/mol. The average molecular weight is 359 g/mol. The minimum absolute atomic E-state index is 0.00937. The first-order valence-corrected chi connectivity index (χ1v) is 8.67. The zero-order chi connectivity index (χ0) is 19.3. The maximum atomic E-state index is 12.1. The Morgan fingerprint density at radius 2 is 1.88 bits per heavy atom. The lowest BCUT2D eigenvalue weighted by Crippen LogP contribution is -2.50. The van der Waals surface area contributed by atoms with Crippen molar-refractivity contribution in [2.45, 2.75) is 39.2 Å². The van der Waals surface area contributed by atoms with Gasteiger partial charge in [0.2, 0.25) is 0 Å². The number of carboxylic acids is 1. The number of rotatable bonds is 4. The molecule has 0 unspecified atom stereocenters. The molecule has 0 aromatic heterocycles. The van der Waals surface area contributed by atoms with Gasteiger partial charge in [-0.2, -0.15) is 5.26 Å². The van der Waals surface area contributed by atoms with Gasteiger partial charge in [-0.1, -0.05) is 0 Å². The van der Waals surface area contributed by atoms with Gasteiger partial charge in [0.25, 0.3) is 0 Å². The molecule has 1 saturated heterocycles. The molecule has 0 bridgehead atoms. The highest BCUT2D eigenvalue weighted by Gasteiger charge is 2.26. The van der Waals surface area contributed by atoms with Crippen LogP contribution >= 0.6 is 0 Å². The lowest BCUT2D eigenvalue weighted by atomic mass is 10.0. The van der Waals surface area contributed by atoms with Crippen molar-refractivity contribution in [1.82, 2.24) is 4.90 Å². The molecule has 1 heterocycles. The molecule has 1 amide bonds. The highest BCUT2D eigenvalue weighted by atomic mass is 16.6. The zero-order valence-corrected chi connectivity index (χ0v) is 15.5. The number of carbonyl (C=O) groups is 2. The van der Waals surface area contributed by atoms with E-state index in [1.807, 2.05) is 32.9 Å². The molecule has 0 saturated carbocycles. The summed E-state index contributed by atoms with van der Waals surface area (Å²) in [5, 5.41) is 18.1. The van der Waals surface area contributed by atoms with Crippen molar-refractivity contribution in [3.05, 3.63) is 29.3 Å². The van der Waals surface area contributed by atoms with Gasteiger partial charge in [-0.05, 0) is 51.0 Å². The third-order valence-electron chi connectivity index (χ3n) is 4.11. The molecule has 7 heteroatoms. The van der Waals surface area contributed by atoms with Gasteiger partial charge >= 0.3 is 12.1 Å². The summed E-state index contributed by atoms with van der Waals surface area (Å²) >= 11 is 0. The largest absolute Gasteiger partial charge is 0.481 e. The van der Waals surface area contributed by atoms with Crippen LogP contribution in [0.15, 0.2) is 18.2 Å². The molecular weight excluding hydrogens is 334 g/mol. The second-order valence-corrected chi connectivity index (χ2v) is 7.30. The normalized spacial score (nSPS) is 14.7. The molecule has 1 aliphatic rings. The summed E-state index contributed by atoms with van der Waals surface area (Å²) in [5.74, 6) is -0.884. The van der Waals surface area contributed by atoms with E-state index >= 15 is 0 Å². The Morgan fingerprint density at radius 1 is 1.23 bits per heavy atom. The van der Waals surface area contributed by atoms with Crippen LogP contribution in [-0.2, 0) is 16.0 Å². The number of carbonyl (C=O) groups excluding carboxylic acids is 1. The molecule has 2 rings (SSSR count). The van der Waals surface area contributed by atoms with Crippen LogP contribution in [0.4, 0.5) is 10.5 Å². The van der Waals surface area contributed by atoms with Gasteiger partial charge in [-0.25, -0.2) is 4.79 Å². The quantitative estimate of drug-likeness (QED) is 0.888. The first kappa shape index (κ1) is 19.6. The molecule has 1 aromatic rings. The molecule has 0 spiro atoms. The second kappa shape index (κ2) is 8.09. The molecule has 0 atom stereocenters. The molecule has 1 fully saturated rings. The fourth-order valence-corrected chi connectivity index (χ4v) is 2.81. The molecule has 1 N–H and O–H groups in total. The van der Waals surface area contributed by atoms with Crippen molar-refractivity contribution in [1.29, 1.82) is 5.26 Å². The van der Waals surface area contributed by atoms with E-state index in [0.29, 0.717) is 38.2 Å². The zero-order valence-electron chi connectivity index (χ0n) is 15.5. The Morgan fingerprint density at radius 3 is 2.42 bits per heavy atom. The van der Waals surface area contributed by atoms with E-state index in [1.165, 1.54) is 0 Å². The molecule has 0 aliphatic carbocycles. The summed E-state index contributed by atoms with van der Waals surface area (Å²) in [6.07, 6.45) is 0.00762. The highest BCUT2D eigenvalue weighted by Crippen LogP contribution is 2.22. The Labute approximate surface area is 153 Å². The van der Waals surface area contributed by atoms with Crippen LogP contribution in [0.25, 0.3) is 0 Å². The van der Waals surface area contributed by atoms with Crippen molar-refractivity contribution < 1.29 is 19.4 Å². The summed E-state index contributed by atoms with van der Waals surface area (Å²) < 4.78 is 5.40. The van der Waals surface area contributed by atoms with Crippen LogP contribution in [0, 0.1) is 11.3 Å². The van der Waals surface area contributed by atoms with Gasteiger partial charge in [0.15, 0.2) is 0 Å². The molecular formula is C19H25N3O4. The predicted octanol–water partition coefficient (Wildman–Crippen LogP) is 2.63. The van der Waals surface area contributed by atoms with Crippen molar-refractivity contribution in [2.24, 2.45) is 0 Å². The van der Waals surface area contributed by atoms with Crippen molar-refractivity contribution in [2.75, 3.05) is 31.1 Å². The smallest absolute Gasteiger partial charge is 0.410 e. The third-order valence-corrected chi connectivity index (χ3v) is 4.11. The van der Waals surface area contributed by atoms with Gasteiger partial charge in [-0.15, -0.1) is 0 Å². The number of aryl methyl sites for hydroxylation is 1. The van der Waals surface area contributed by atoms with Crippen molar-refractivity contribution >= 4 is 17.7 Å². The third kappa shape index (κ3) is 5.38. The van der Waals surface area contributed by atoms with Crippen LogP contribution in [0.3, 0.4) is 0 Å². The second-order valence-electron chi connectivity index (χ2n) is 7.30. The number of hydrogen-bond donors (Lipinski definition) is 1. The number of nitriles is 1. The number of piperazine rings is 1. The SMILES string of the molecule is CC(C)(C)OC(=O)N1CCN(c2ccc(C#N)c(CCC(=O)O)c2)CC1. The summed E-state index contributed by atoms with van der Waals surface area (Å²) in [6.45, 7) is 7.95. The lowest BCUT2D eigenvalue weighted by molar-refractivity contribution is -0.136. The van der Waals surface area contributed by atoms with E-state index in [4.69, 9.17) is 9.84 Å². The fourth-order valence-electron chi connectivity index (χ4n) is 2.81. The van der Waals surface area contributed by atoms with Crippen LogP contribution in [0.2, 0.25) is 0 Å². The van der Waals surface area contributed by atoms with E-state index in [0.717, 1.165) is 11.3 Å². The van der Waals surface area contributed by atoms with Crippen molar-refractivity contribution in [3.8, 4) is 6.07 Å². The number of anilines is 1. The maximum Gasteiger partial charge on any atom is 0.410 e. The average Bonchev–Trinajstić information content (AvgIpc) is 2.58. The fraction of sp³-hybridized carbons (Fsp3) is 0.526. The molecule has 1 aromatic carbocycles. The molecule has 0 radical (unpaired) electrons. The van der Waals surface area contributed by atoms with E-state index in [9.17, 15) is 14.9 Å². The minimum Gasteiger partial charge on any atom is -0.481 e. The van der Waals surface area contributed by atoms with Gasteiger partial charge < -0.3 is 19.6 Å². The Balaban J connectivity index is 2.02. The lowest BCUT2D eigenvalue weighted by Gasteiger charge is -2.37. The molecule has 1 aliphatic heterocycles. The first-order valence-electron chi connectivity index (χ1n) is 8.67. The van der Waals surface area contributed by atoms with E-state index in [1.54, 1.807) is 11.0 Å². The number of hydrogen-bond acceptors (Lipinski definition) is 5. The highest BCUT2D eigenvalue weighted by molar-refractivity contribution is 5.69. The number of nitrogens with zero attached hydrogens (tertiary/aromatic N) is 3.